The van der Waals surface area contributed by atoms with Crippen molar-refractivity contribution in [3.63, 3.8) is 0 Å². The summed E-state index contributed by atoms with van der Waals surface area (Å²) in [5.74, 6) is -0.815. The fourth-order valence-electron chi connectivity index (χ4n) is 2.19. The van der Waals surface area contributed by atoms with Crippen molar-refractivity contribution in [1.82, 2.24) is 0 Å². The van der Waals surface area contributed by atoms with E-state index in [1.165, 1.54) is 19.3 Å². The van der Waals surface area contributed by atoms with Crippen LogP contribution in [0.1, 0.15) is 21.5 Å². The van der Waals surface area contributed by atoms with E-state index in [-0.39, 0.29) is 17.9 Å². The number of halogens is 1. The molecule has 2 rings (SSSR count). The molecule has 0 atom stereocenters. The van der Waals surface area contributed by atoms with Crippen LogP contribution in [-0.2, 0) is 16.0 Å². The summed E-state index contributed by atoms with van der Waals surface area (Å²) in [6.07, 6.45) is 1.68. The fourth-order valence-corrected chi connectivity index (χ4v) is 2.42. The van der Waals surface area contributed by atoms with Crippen molar-refractivity contribution in [2.75, 3.05) is 12.4 Å². The number of hydrogen-bond donors (Lipinski definition) is 1. The third-order valence-electron chi connectivity index (χ3n) is 3.22. The molecule has 0 aliphatic carbocycles. The number of benzene rings is 2. The van der Waals surface area contributed by atoms with Gasteiger partial charge in [-0.3, -0.25) is 4.79 Å². The summed E-state index contributed by atoms with van der Waals surface area (Å²) in [6, 6.07) is 12.4. The number of carbonyl (C=O) groups excluding carboxylic acids is 2. The van der Waals surface area contributed by atoms with Gasteiger partial charge in [-0.25, -0.2) is 4.79 Å². The molecule has 0 heterocycles. The third kappa shape index (κ3) is 4.20. The maximum absolute atomic E-state index is 12.2. The first kappa shape index (κ1) is 16.8. The van der Waals surface area contributed by atoms with Gasteiger partial charge in [0.25, 0.3) is 0 Å². The minimum Gasteiger partial charge on any atom is -0.465 e. The molecular formula is C18H16ClNO3. The predicted molar refractivity (Wildman–Crippen MR) is 91.7 cm³/mol. The first-order chi connectivity index (χ1) is 11.0. The maximum atomic E-state index is 12.2. The number of hydrogen-bond acceptors (Lipinski definition) is 3. The van der Waals surface area contributed by atoms with Crippen LogP contribution in [0.25, 0.3) is 6.08 Å². The lowest BCUT2D eigenvalue weighted by atomic mass is 10.0. The Bertz CT molecular complexity index is 741. The standard InChI is InChI=1S/C18H16ClNO3/c1-3-13-10-14(19)11-15(17(13)18(22)23-2)20-16(21)9-12-7-5-4-6-8-12/h3-8,10-11H,1,9H2,2H3,(H,20,21). The van der Waals surface area contributed by atoms with Crippen molar-refractivity contribution in [3.05, 3.63) is 70.8 Å². The summed E-state index contributed by atoms with van der Waals surface area (Å²) in [7, 11) is 1.28. The highest BCUT2D eigenvalue weighted by atomic mass is 35.5. The van der Waals surface area contributed by atoms with E-state index >= 15 is 0 Å². The molecule has 0 unspecified atom stereocenters. The van der Waals surface area contributed by atoms with Gasteiger partial charge >= 0.3 is 5.97 Å². The van der Waals surface area contributed by atoms with Crippen molar-refractivity contribution in [3.8, 4) is 0 Å². The summed E-state index contributed by atoms with van der Waals surface area (Å²) in [5.41, 5.74) is 1.91. The van der Waals surface area contributed by atoms with Gasteiger partial charge in [0.2, 0.25) is 5.91 Å². The van der Waals surface area contributed by atoms with Crippen LogP contribution in [0.3, 0.4) is 0 Å². The zero-order chi connectivity index (χ0) is 16.8. The van der Waals surface area contributed by atoms with E-state index < -0.39 is 5.97 Å². The van der Waals surface area contributed by atoms with E-state index in [9.17, 15) is 9.59 Å². The number of methoxy groups -OCH3 is 1. The van der Waals surface area contributed by atoms with E-state index in [1.807, 2.05) is 30.3 Å². The van der Waals surface area contributed by atoms with E-state index in [1.54, 1.807) is 6.07 Å². The Morgan fingerprint density at radius 3 is 2.57 bits per heavy atom. The summed E-state index contributed by atoms with van der Waals surface area (Å²) < 4.78 is 4.78. The van der Waals surface area contributed by atoms with Crippen LogP contribution >= 0.6 is 11.6 Å². The van der Waals surface area contributed by atoms with E-state index in [2.05, 4.69) is 11.9 Å². The molecule has 0 bridgehead atoms. The second-order valence-electron chi connectivity index (χ2n) is 4.82. The Balaban J connectivity index is 2.31. The van der Waals surface area contributed by atoms with Crippen LogP contribution in [0.2, 0.25) is 5.02 Å². The molecule has 0 aliphatic heterocycles. The summed E-state index contributed by atoms with van der Waals surface area (Å²) in [6.45, 7) is 3.66. The van der Waals surface area contributed by atoms with Crippen molar-refractivity contribution < 1.29 is 14.3 Å². The minimum atomic E-state index is -0.563. The SMILES string of the molecule is C=Cc1cc(Cl)cc(NC(=O)Cc2ccccc2)c1C(=O)OC. The first-order valence-electron chi connectivity index (χ1n) is 6.93. The number of rotatable bonds is 5. The maximum Gasteiger partial charge on any atom is 0.340 e. The van der Waals surface area contributed by atoms with Gasteiger partial charge < -0.3 is 10.1 Å². The van der Waals surface area contributed by atoms with Crippen LogP contribution in [0.4, 0.5) is 5.69 Å². The molecule has 1 amide bonds. The van der Waals surface area contributed by atoms with Crippen LogP contribution in [0.15, 0.2) is 49.0 Å². The molecule has 118 valence electrons. The molecule has 0 saturated carbocycles. The van der Waals surface area contributed by atoms with Gasteiger partial charge in [0.15, 0.2) is 0 Å². The molecule has 0 spiro atoms. The largest absolute Gasteiger partial charge is 0.465 e. The predicted octanol–water partition coefficient (Wildman–Crippen LogP) is 3.95. The zero-order valence-corrected chi connectivity index (χ0v) is 13.4. The highest BCUT2D eigenvalue weighted by Crippen LogP contribution is 2.27. The lowest BCUT2D eigenvalue weighted by Crippen LogP contribution is -2.18. The Kier molecular flexibility index (Phi) is 5.55. The lowest BCUT2D eigenvalue weighted by molar-refractivity contribution is -0.115. The van der Waals surface area contributed by atoms with Crippen molar-refractivity contribution in [2.24, 2.45) is 0 Å². The smallest absolute Gasteiger partial charge is 0.340 e. The molecule has 5 heteroatoms. The van der Waals surface area contributed by atoms with Crippen molar-refractivity contribution in [1.29, 1.82) is 0 Å². The van der Waals surface area contributed by atoms with Gasteiger partial charge in [0.1, 0.15) is 0 Å². The molecule has 0 saturated heterocycles. The average Bonchev–Trinajstić information content (AvgIpc) is 2.54. The highest BCUT2D eigenvalue weighted by molar-refractivity contribution is 6.31. The number of nitrogens with one attached hydrogen (secondary N) is 1. The second-order valence-corrected chi connectivity index (χ2v) is 5.26. The van der Waals surface area contributed by atoms with Gasteiger partial charge in [-0.1, -0.05) is 54.6 Å². The molecule has 1 N–H and O–H groups in total. The molecule has 4 nitrogen and oxygen atoms in total. The van der Waals surface area contributed by atoms with E-state index in [0.717, 1.165) is 5.56 Å². The van der Waals surface area contributed by atoms with Crippen molar-refractivity contribution in [2.45, 2.75) is 6.42 Å². The molecule has 2 aromatic carbocycles. The average molecular weight is 330 g/mol. The molecular weight excluding hydrogens is 314 g/mol. The van der Waals surface area contributed by atoms with Crippen LogP contribution in [-0.4, -0.2) is 19.0 Å². The lowest BCUT2D eigenvalue weighted by Gasteiger charge is -2.13. The van der Waals surface area contributed by atoms with Gasteiger partial charge in [-0.05, 0) is 23.3 Å². The highest BCUT2D eigenvalue weighted by Gasteiger charge is 2.18. The molecule has 2 aromatic rings. The normalized spacial score (nSPS) is 10.0. The quantitative estimate of drug-likeness (QED) is 0.845. The van der Waals surface area contributed by atoms with Gasteiger partial charge in [-0.15, -0.1) is 0 Å². The Hall–Kier alpha value is -2.59. The van der Waals surface area contributed by atoms with Crippen LogP contribution < -0.4 is 5.32 Å². The minimum absolute atomic E-state index is 0.192. The Morgan fingerprint density at radius 1 is 1.26 bits per heavy atom. The van der Waals surface area contributed by atoms with Crippen molar-refractivity contribution >= 4 is 35.2 Å². The fraction of sp³-hybridized carbons (Fsp3) is 0.111. The summed E-state index contributed by atoms with van der Waals surface area (Å²) >= 11 is 6.04. The second kappa shape index (κ2) is 7.61. The third-order valence-corrected chi connectivity index (χ3v) is 3.44. The molecule has 0 radical (unpaired) electrons. The zero-order valence-electron chi connectivity index (χ0n) is 12.6. The summed E-state index contributed by atoms with van der Waals surface area (Å²) in [4.78, 5) is 24.2. The van der Waals surface area contributed by atoms with Crippen LogP contribution in [0.5, 0.6) is 0 Å². The number of esters is 1. The first-order valence-corrected chi connectivity index (χ1v) is 7.31. The van der Waals surface area contributed by atoms with Gasteiger partial charge in [-0.2, -0.15) is 0 Å². The monoisotopic (exact) mass is 329 g/mol. The Morgan fingerprint density at radius 2 is 1.96 bits per heavy atom. The van der Waals surface area contributed by atoms with Gasteiger partial charge in [0, 0.05) is 5.02 Å². The Labute approximate surface area is 139 Å². The number of carbonyl (C=O) groups is 2. The molecule has 0 fully saturated rings. The summed E-state index contributed by atoms with van der Waals surface area (Å²) in [5, 5.41) is 3.11. The number of ether oxygens (including phenoxy) is 1. The van der Waals surface area contributed by atoms with Gasteiger partial charge in [0.05, 0.1) is 24.8 Å². The van der Waals surface area contributed by atoms with Crippen LogP contribution in [0, 0.1) is 0 Å². The number of anilines is 1. The van der Waals surface area contributed by atoms with E-state index in [0.29, 0.717) is 16.3 Å². The molecule has 0 aliphatic rings. The van der Waals surface area contributed by atoms with E-state index in [4.69, 9.17) is 16.3 Å². The molecule has 0 aromatic heterocycles. The molecule has 23 heavy (non-hydrogen) atoms. The number of amides is 1. The topological polar surface area (TPSA) is 55.4 Å².